The number of primary amides is 1. The molecular weight excluding hydrogens is 248 g/mol. The Morgan fingerprint density at radius 3 is 2.53 bits per heavy atom. The number of carbonyl (C=O) groups excluding carboxylic acids is 1. The molecule has 0 aromatic heterocycles. The van der Waals surface area contributed by atoms with Crippen LogP contribution in [0.1, 0.15) is 10.4 Å². The van der Waals surface area contributed by atoms with E-state index in [9.17, 15) is 4.79 Å². The third-order valence-corrected chi connectivity index (χ3v) is 2.44. The number of rotatable bonds is 5. The Morgan fingerprint density at radius 2 is 1.89 bits per heavy atom. The topological polar surface area (TPSA) is 93.8 Å². The van der Waals surface area contributed by atoms with Crippen molar-refractivity contribution < 1.29 is 20.0 Å². The average Bonchev–Trinajstić information content (AvgIpc) is 2.40. The summed E-state index contributed by atoms with van der Waals surface area (Å²) in [6, 6.07) is 13.7. The molecule has 0 bridgehead atoms. The van der Waals surface area contributed by atoms with Gasteiger partial charge >= 0.3 is 0 Å². The van der Waals surface area contributed by atoms with E-state index in [2.05, 4.69) is 15.2 Å². The molecule has 1 amide bonds. The summed E-state index contributed by atoms with van der Waals surface area (Å²) in [5, 5.41) is 14.9. The molecule has 0 atom stereocenters. The lowest BCUT2D eigenvalue weighted by Crippen LogP contribution is -2.13. The molecule has 2 aromatic rings. The number of para-hydroxylation sites is 1. The van der Waals surface area contributed by atoms with Gasteiger partial charge in [0.05, 0.1) is 11.3 Å². The smallest absolute Gasteiger partial charge is 0.250 e. The van der Waals surface area contributed by atoms with Gasteiger partial charge in [0, 0.05) is 11.8 Å². The van der Waals surface area contributed by atoms with Crippen LogP contribution in [0.25, 0.3) is 0 Å². The Balaban J connectivity index is 2.35. The minimum absolute atomic E-state index is 0.228. The van der Waals surface area contributed by atoms with Gasteiger partial charge in [-0.3, -0.25) is 4.79 Å². The molecule has 0 saturated carbocycles. The highest BCUT2D eigenvalue weighted by Gasteiger charge is 2.10. The van der Waals surface area contributed by atoms with Gasteiger partial charge in [-0.2, -0.15) is 0 Å². The number of nitrogens with one attached hydrogen (secondary N) is 1. The van der Waals surface area contributed by atoms with E-state index in [0.717, 1.165) is 5.69 Å². The SMILES string of the molecule is NC(=O)c1ccc(OOO)cc1Nc1ccccc1. The number of benzene rings is 2. The van der Waals surface area contributed by atoms with Crippen molar-refractivity contribution in [2.24, 2.45) is 5.73 Å². The third-order valence-electron chi connectivity index (χ3n) is 2.44. The fourth-order valence-electron chi connectivity index (χ4n) is 1.61. The first kappa shape index (κ1) is 12.9. The second kappa shape index (κ2) is 5.85. The number of amides is 1. The van der Waals surface area contributed by atoms with Gasteiger partial charge in [-0.25, -0.2) is 5.26 Å². The van der Waals surface area contributed by atoms with Gasteiger partial charge < -0.3 is 15.9 Å². The van der Waals surface area contributed by atoms with E-state index >= 15 is 0 Å². The van der Waals surface area contributed by atoms with Gasteiger partial charge in [-0.15, -0.1) is 0 Å². The molecule has 98 valence electrons. The van der Waals surface area contributed by atoms with Crippen LogP contribution in [0.2, 0.25) is 0 Å². The van der Waals surface area contributed by atoms with Crippen molar-refractivity contribution in [3.63, 3.8) is 0 Å². The van der Waals surface area contributed by atoms with E-state index in [4.69, 9.17) is 11.0 Å². The lowest BCUT2D eigenvalue weighted by atomic mass is 10.1. The fraction of sp³-hybridized carbons (Fsp3) is 0. The maximum Gasteiger partial charge on any atom is 0.250 e. The van der Waals surface area contributed by atoms with Crippen molar-refractivity contribution in [1.82, 2.24) is 0 Å². The molecule has 0 aliphatic rings. The summed E-state index contributed by atoms with van der Waals surface area (Å²) in [6.45, 7) is 0. The van der Waals surface area contributed by atoms with E-state index in [1.165, 1.54) is 18.2 Å². The van der Waals surface area contributed by atoms with Crippen molar-refractivity contribution >= 4 is 17.3 Å². The monoisotopic (exact) mass is 260 g/mol. The van der Waals surface area contributed by atoms with Gasteiger partial charge in [0.15, 0.2) is 5.75 Å². The quantitative estimate of drug-likeness (QED) is 0.566. The molecule has 2 rings (SSSR count). The molecule has 2 aromatic carbocycles. The normalized spacial score (nSPS) is 9.95. The molecule has 6 heteroatoms. The van der Waals surface area contributed by atoms with Crippen LogP contribution in [0, 0.1) is 0 Å². The van der Waals surface area contributed by atoms with E-state index in [0.29, 0.717) is 11.3 Å². The summed E-state index contributed by atoms with van der Waals surface area (Å²) in [5.74, 6) is -0.346. The molecule has 6 nitrogen and oxygen atoms in total. The molecule has 0 saturated heterocycles. The molecular formula is C13H12N2O4. The second-order valence-corrected chi connectivity index (χ2v) is 3.72. The predicted molar refractivity (Wildman–Crippen MR) is 69.0 cm³/mol. The van der Waals surface area contributed by atoms with E-state index in [1.54, 1.807) is 0 Å². The van der Waals surface area contributed by atoms with Gasteiger partial charge in [0.25, 0.3) is 5.91 Å². The minimum Gasteiger partial charge on any atom is -0.366 e. The predicted octanol–water partition coefficient (Wildman–Crippen LogP) is 2.31. The van der Waals surface area contributed by atoms with Gasteiger partial charge in [0.1, 0.15) is 0 Å². The van der Waals surface area contributed by atoms with Crippen LogP contribution in [0.5, 0.6) is 5.75 Å². The van der Waals surface area contributed by atoms with Crippen LogP contribution < -0.4 is 15.9 Å². The molecule has 0 aliphatic carbocycles. The van der Waals surface area contributed by atoms with Crippen LogP contribution in [-0.2, 0) is 5.04 Å². The van der Waals surface area contributed by atoms with Crippen molar-refractivity contribution in [3.8, 4) is 5.75 Å². The Kier molecular flexibility index (Phi) is 3.97. The first-order chi connectivity index (χ1) is 9.20. The van der Waals surface area contributed by atoms with E-state index in [1.807, 2.05) is 30.3 Å². The summed E-state index contributed by atoms with van der Waals surface area (Å²) in [4.78, 5) is 15.8. The zero-order valence-corrected chi connectivity index (χ0v) is 9.87. The number of hydrogen-bond acceptors (Lipinski definition) is 5. The first-order valence-electron chi connectivity index (χ1n) is 5.44. The Morgan fingerprint density at radius 1 is 1.16 bits per heavy atom. The van der Waals surface area contributed by atoms with Crippen molar-refractivity contribution in [3.05, 3.63) is 54.1 Å². The average molecular weight is 260 g/mol. The lowest BCUT2D eigenvalue weighted by Gasteiger charge is -2.11. The fourth-order valence-corrected chi connectivity index (χ4v) is 1.61. The summed E-state index contributed by atoms with van der Waals surface area (Å²) in [6.07, 6.45) is 0. The second-order valence-electron chi connectivity index (χ2n) is 3.72. The Labute approximate surface area is 109 Å². The van der Waals surface area contributed by atoms with Crippen molar-refractivity contribution in [2.75, 3.05) is 5.32 Å². The Hall–Kier alpha value is -2.57. The highest BCUT2D eigenvalue weighted by atomic mass is 17.5. The number of anilines is 2. The summed E-state index contributed by atoms with van der Waals surface area (Å²) in [5.41, 5.74) is 6.83. The van der Waals surface area contributed by atoms with Crippen molar-refractivity contribution in [2.45, 2.75) is 0 Å². The molecule has 19 heavy (non-hydrogen) atoms. The van der Waals surface area contributed by atoms with Crippen LogP contribution >= 0.6 is 0 Å². The van der Waals surface area contributed by atoms with Gasteiger partial charge in [-0.05, 0) is 29.3 Å². The van der Waals surface area contributed by atoms with Gasteiger partial charge in [-0.1, -0.05) is 18.2 Å². The summed E-state index contributed by atoms with van der Waals surface area (Å²) < 4.78 is 0. The number of carbonyl (C=O) groups is 1. The molecule has 4 N–H and O–H groups in total. The zero-order chi connectivity index (χ0) is 13.7. The molecule has 0 spiro atoms. The standard InChI is InChI=1S/C13H12N2O4/c14-13(16)11-7-6-10(18-19-17)8-12(11)15-9-4-2-1-3-5-9/h1-8,15,17H,(H2,14,16). The molecule has 0 heterocycles. The maximum absolute atomic E-state index is 11.3. The molecule has 0 fully saturated rings. The Bertz CT molecular complexity index is 572. The minimum atomic E-state index is -0.574. The summed E-state index contributed by atoms with van der Waals surface area (Å²) >= 11 is 0. The van der Waals surface area contributed by atoms with Crippen molar-refractivity contribution in [1.29, 1.82) is 0 Å². The highest BCUT2D eigenvalue weighted by Crippen LogP contribution is 2.25. The van der Waals surface area contributed by atoms with Crippen LogP contribution in [0.4, 0.5) is 11.4 Å². The maximum atomic E-state index is 11.3. The van der Waals surface area contributed by atoms with Crippen LogP contribution in [0.3, 0.4) is 0 Å². The van der Waals surface area contributed by atoms with Gasteiger partial charge in [0.2, 0.25) is 0 Å². The largest absolute Gasteiger partial charge is 0.366 e. The molecule has 0 aliphatic heterocycles. The third kappa shape index (κ3) is 3.21. The first-order valence-corrected chi connectivity index (χ1v) is 5.44. The van der Waals surface area contributed by atoms with Crippen LogP contribution in [0.15, 0.2) is 48.5 Å². The highest BCUT2D eigenvalue weighted by molar-refractivity contribution is 5.99. The van der Waals surface area contributed by atoms with E-state index < -0.39 is 5.91 Å². The number of hydrogen-bond donors (Lipinski definition) is 3. The number of nitrogens with two attached hydrogens (primary N) is 1. The lowest BCUT2D eigenvalue weighted by molar-refractivity contribution is -0.438. The zero-order valence-electron chi connectivity index (χ0n) is 9.87. The molecule has 0 radical (unpaired) electrons. The van der Waals surface area contributed by atoms with Crippen LogP contribution in [-0.4, -0.2) is 11.2 Å². The summed E-state index contributed by atoms with van der Waals surface area (Å²) in [7, 11) is 0. The molecule has 0 unspecified atom stereocenters. The van der Waals surface area contributed by atoms with E-state index in [-0.39, 0.29) is 5.75 Å².